The summed E-state index contributed by atoms with van der Waals surface area (Å²) in [6, 6.07) is 2.21. The minimum Gasteiger partial charge on any atom is -0.480 e. The van der Waals surface area contributed by atoms with E-state index in [9.17, 15) is 19.7 Å². The van der Waals surface area contributed by atoms with Crippen molar-refractivity contribution in [3.63, 3.8) is 0 Å². The van der Waals surface area contributed by atoms with Crippen LogP contribution in [0.1, 0.15) is 5.56 Å². The molecule has 9 heteroatoms. The summed E-state index contributed by atoms with van der Waals surface area (Å²) in [6.07, 6.45) is 0. The number of anilines is 1. The second-order valence-electron chi connectivity index (χ2n) is 4.15. The molecule has 21 heavy (non-hydrogen) atoms. The zero-order valence-corrected chi connectivity index (χ0v) is 11.5. The van der Waals surface area contributed by atoms with Gasteiger partial charge in [0.1, 0.15) is 0 Å². The first-order valence-corrected chi connectivity index (χ1v) is 5.90. The number of nitro groups is 1. The first-order valence-electron chi connectivity index (χ1n) is 5.90. The lowest BCUT2D eigenvalue weighted by molar-refractivity contribution is -0.385. The van der Waals surface area contributed by atoms with Crippen LogP contribution in [0, 0.1) is 17.0 Å². The molecule has 0 spiro atoms. The minimum atomic E-state index is -1.25. The van der Waals surface area contributed by atoms with Crippen LogP contribution in [-0.4, -0.2) is 41.8 Å². The Morgan fingerprint density at radius 2 is 2.14 bits per heavy atom. The molecule has 0 saturated heterocycles. The number of amides is 2. The van der Waals surface area contributed by atoms with E-state index in [1.54, 1.807) is 0 Å². The van der Waals surface area contributed by atoms with E-state index >= 15 is 0 Å². The summed E-state index contributed by atoms with van der Waals surface area (Å²) in [6.45, 7) is 1.29. The van der Waals surface area contributed by atoms with Gasteiger partial charge >= 0.3 is 12.0 Å². The predicted octanol–water partition coefficient (Wildman–Crippen LogP) is 1.12. The van der Waals surface area contributed by atoms with Gasteiger partial charge in [-0.15, -0.1) is 0 Å². The molecule has 0 fully saturated rings. The summed E-state index contributed by atoms with van der Waals surface area (Å²) in [5.74, 6) is -1.25. The van der Waals surface area contributed by atoms with Gasteiger partial charge in [-0.25, -0.2) is 9.59 Å². The number of carbonyl (C=O) groups excluding carboxylic acids is 1. The molecule has 0 saturated carbocycles. The fourth-order valence-electron chi connectivity index (χ4n) is 1.61. The second kappa shape index (κ2) is 7.20. The molecule has 1 aromatic carbocycles. The Morgan fingerprint density at radius 3 is 2.67 bits per heavy atom. The van der Waals surface area contributed by atoms with Gasteiger partial charge in [-0.1, -0.05) is 6.07 Å². The first kappa shape index (κ1) is 16.4. The lowest BCUT2D eigenvalue weighted by atomic mass is 10.1. The van der Waals surface area contributed by atoms with Gasteiger partial charge in [0.2, 0.25) is 0 Å². The van der Waals surface area contributed by atoms with Gasteiger partial charge < -0.3 is 20.5 Å². The molecular weight excluding hydrogens is 282 g/mol. The van der Waals surface area contributed by atoms with Crippen molar-refractivity contribution in [3.05, 3.63) is 33.9 Å². The summed E-state index contributed by atoms with van der Waals surface area (Å²) in [7, 11) is 1.31. The SMILES string of the molecule is COCC(NC(=O)Nc1cccc([N+](=O)[O-])c1C)C(=O)O. The average Bonchev–Trinajstić information content (AvgIpc) is 2.40. The van der Waals surface area contributed by atoms with Crippen LogP contribution in [0.25, 0.3) is 0 Å². The minimum absolute atomic E-state index is 0.139. The van der Waals surface area contributed by atoms with Crippen LogP contribution in [0.3, 0.4) is 0 Å². The number of hydrogen-bond acceptors (Lipinski definition) is 5. The Bertz CT molecular complexity index is 560. The Kier molecular flexibility index (Phi) is 5.61. The molecular formula is C12H15N3O6. The van der Waals surface area contributed by atoms with E-state index in [-0.39, 0.29) is 23.5 Å². The van der Waals surface area contributed by atoms with E-state index in [1.807, 2.05) is 0 Å². The quantitative estimate of drug-likeness (QED) is 0.532. The van der Waals surface area contributed by atoms with Crippen LogP contribution < -0.4 is 10.6 Å². The average molecular weight is 297 g/mol. The van der Waals surface area contributed by atoms with E-state index < -0.39 is 23.0 Å². The maximum absolute atomic E-state index is 11.7. The molecule has 9 nitrogen and oxygen atoms in total. The number of nitrogens with one attached hydrogen (secondary N) is 2. The number of aliphatic carboxylic acids is 1. The molecule has 0 heterocycles. The highest BCUT2D eigenvalue weighted by Gasteiger charge is 2.21. The third kappa shape index (κ3) is 4.42. The molecule has 0 aliphatic carbocycles. The standard InChI is InChI=1S/C12H15N3O6/c1-7-8(4-3-5-10(7)15(19)20)13-12(18)14-9(6-21-2)11(16)17/h3-5,9H,6H2,1-2H3,(H,16,17)(H2,13,14,18). The molecule has 1 aromatic rings. The Hall–Kier alpha value is -2.68. The largest absolute Gasteiger partial charge is 0.480 e. The Labute approximate surface area is 120 Å². The topological polar surface area (TPSA) is 131 Å². The summed E-state index contributed by atoms with van der Waals surface area (Å²) in [4.78, 5) is 32.8. The molecule has 2 amide bonds. The van der Waals surface area contributed by atoms with Crippen molar-refractivity contribution in [1.82, 2.24) is 5.32 Å². The van der Waals surface area contributed by atoms with Crippen molar-refractivity contribution in [2.24, 2.45) is 0 Å². The number of ether oxygens (including phenoxy) is 1. The Balaban J connectivity index is 2.82. The molecule has 0 aliphatic rings. The number of methoxy groups -OCH3 is 1. The number of carbonyl (C=O) groups is 2. The highest BCUT2D eigenvalue weighted by molar-refractivity contribution is 5.93. The monoisotopic (exact) mass is 297 g/mol. The first-order chi connectivity index (χ1) is 9.86. The number of urea groups is 1. The summed E-state index contributed by atoms with van der Waals surface area (Å²) in [5, 5.41) is 24.2. The fourth-order valence-corrected chi connectivity index (χ4v) is 1.61. The normalized spacial score (nSPS) is 11.5. The maximum atomic E-state index is 11.7. The van der Waals surface area contributed by atoms with Crippen molar-refractivity contribution in [3.8, 4) is 0 Å². The molecule has 1 atom stereocenters. The van der Waals surface area contributed by atoms with Crippen LogP contribution in [0.15, 0.2) is 18.2 Å². The van der Waals surface area contributed by atoms with E-state index in [0.717, 1.165) is 0 Å². The lowest BCUT2D eigenvalue weighted by Gasteiger charge is -2.15. The van der Waals surface area contributed by atoms with Gasteiger partial charge in [-0.3, -0.25) is 10.1 Å². The predicted molar refractivity (Wildman–Crippen MR) is 73.3 cm³/mol. The smallest absolute Gasteiger partial charge is 0.328 e. The molecule has 3 N–H and O–H groups in total. The third-order valence-corrected chi connectivity index (χ3v) is 2.69. The molecule has 0 aromatic heterocycles. The molecule has 1 rings (SSSR count). The summed E-state index contributed by atoms with van der Waals surface area (Å²) < 4.78 is 4.68. The van der Waals surface area contributed by atoms with Crippen molar-refractivity contribution >= 4 is 23.4 Å². The van der Waals surface area contributed by atoms with Gasteiger partial charge in [-0.2, -0.15) is 0 Å². The highest BCUT2D eigenvalue weighted by Crippen LogP contribution is 2.24. The van der Waals surface area contributed by atoms with Crippen LogP contribution in [0.5, 0.6) is 0 Å². The maximum Gasteiger partial charge on any atom is 0.328 e. The van der Waals surface area contributed by atoms with Gasteiger partial charge in [-0.05, 0) is 13.0 Å². The van der Waals surface area contributed by atoms with E-state index in [0.29, 0.717) is 0 Å². The van der Waals surface area contributed by atoms with Crippen molar-refractivity contribution in [1.29, 1.82) is 0 Å². The van der Waals surface area contributed by atoms with E-state index in [1.165, 1.54) is 32.2 Å². The van der Waals surface area contributed by atoms with Crippen LogP contribution in [0.4, 0.5) is 16.2 Å². The van der Waals surface area contributed by atoms with Crippen LogP contribution >= 0.6 is 0 Å². The Morgan fingerprint density at radius 1 is 1.48 bits per heavy atom. The zero-order valence-electron chi connectivity index (χ0n) is 11.5. The number of hydrogen-bond donors (Lipinski definition) is 3. The molecule has 1 unspecified atom stereocenters. The van der Waals surface area contributed by atoms with Gasteiger partial charge in [0.15, 0.2) is 6.04 Å². The van der Waals surface area contributed by atoms with Crippen LogP contribution in [-0.2, 0) is 9.53 Å². The molecule has 114 valence electrons. The number of carboxylic acid groups (broad SMARTS) is 1. The molecule has 0 aliphatic heterocycles. The summed E-state index contributed by atoms with van der Waals surface area (Å²) >= 11 is 0. The molecule has 0 bridgehead atoms. The number of benzene rings is 1. The second-order valence-corrected chi connectivity index (χ2v) is 4.15. The third-order valence-electron chi connectivity index (χ3n) is 2.69. The molecule has 0 radical (unpaired) electrons. The fraction of sp³-hybridized carbons (Fsp3) is 0.333. The number of nitrogens with zero attached hydrogens (tertiary/aromatic N) is 1. The number of carboxylic acids is 1. The zero-order chi connectivity index (χ0) is 16.0. The van der Waals surface area contributed by atoms with E-state index in [2.05, 4.69) is 15.4 Å². The van der Waals surface area contributed by atoms with Gasteiger partial charge in [0.05, 0.1) is 22.8 Å². The van der Waals surface area contributed by atoms with E-state index in [4.69, 9.17) is 5.11 Å². The van der Waals surface area contributed by atoms with Crippen molar-refractivity contribution in [2.45, 2.75) is 13.0 Å². The van der Waals surface area contributed by atoms with Gasteiger partial charge in [0.25, 0.3) is 5.69 Å². The number of rotatable bonds is 6. The van der Waals surface area contributed by atoms with Crippen LogP contribution in [0.2, 0.25) is 0 Å². The van der Waals surface area contributed by atoms with Crippen molar-refractivity contribution in [2.75, 3.05) is 19.0 Å². The number of nitro benzene ring substituents is 1. The highest BCUT2D eigenvalue weighted by atomic mass is 16.6. The summed E-state index contributed by atoms with van der Waals surface area (Å²) in [5.41, 5.74) is 0.360. The van der Waals surface area contributed by atoms with Gasteiger partial charge in [0, 0.05) is 13.2 Å². The van der Waals surface area contributed by atoms with Crippen molar-refractivity contribution < 1.29 is 24.4 Å². The lowest BCUT2D eigenvalue weighted by Crippen LogP contribution is -2.45.